The third kappa shape index (κ3) is 2.71. The van der Waals surface area contributed by atoms with Gasteiger partial charge in [-0.1, -0.05) is 48.2 Å². The fraction of sp³-hybridized carbons (Fsp3) is 0.125. The average Bonchev–Trinajstić information content (AvgIpc) is 2.99. The quantitative estimate of drug-likeness (QED) is 0.669. The van der Waals surface area contributed by atoms with Crippen molar-refractivity contribution in [3.05, 3.63) is 54.6 Å². The molecule has 21 heavy (non-hydrogen) atoms. The zero-order valence-electron chi connectivity index (χ0n) is 11.9. The summed E-state index contributed by atoms with van der Waals surface area (Å²) in [5.74, 6) is 0.885. The molecule has 5 heteroatoms. The molecule has 0 fully saturated rings. The first-order chi connectivity index (χ1) is 10.3. The second-order valence-electron chi connectivity index (χ2n) is 4.38. The van der Waals surface area contributed by atoms with Crippen LogP contribution in [0.4, 0.5) is 0 Å². The Kier molecular flexibility index (Phi) is 4.31. The summed E-state index contributed by atoms with van der Waals surface area (Å²) in [7, 11) is 0. The minimum atomic E-state index is 0.885. The minimum absolute atomic E-state index is 0.885. The van der Waals surface area contributed by atoms with Gasteiger partial charge >= 0.3 is 0 Å². The van der Waals surface area contributed by atoms with Crippen LogP contribution in [0.25, 0.3) is 17.1 Å². The van der Waals surface area contributed by atoms with Gasteiger partial charge in [-0.3, -0.25) is 4.57 Å². The van der Waals surface area contributed by atoms with E-state index in [1.165, 1.54) is 4.90 Å². The molecule has 3 aromatic rings. The molecule has 3 nitrogen and oxygen atoms in total. The molecular formula is C16H15N3S2. The summed E-state index contributed by atoms with van der Waals surface area (Å²) in [6, 6.07) is 18.5. The molecule has 2 aromatic carbocycles. The van der Waals surface area contributed by atoms with Crippen LogP contribution in [-0.2, 0) is 0 Å². The summed E-state index contributed by atoms with van der Waals surface area (Å²) in [4.78, 5) is 1.20. The number of thioether (sulfide) groups is 2. The Morgan fingerprint density at radius 3 is 2.24 bits per heavy atom. The van der Waals surface area contributed by atoms with Gasteiger partial charge in [0, 0.05) is 16.1 Å². The fourth-order valence-corrected chi connectivity index (χ4v) is 3.31. The maximum Gasteiger partial charge on any atom is 0.195 e. The lowest BCUT2D eigenvalue weighted by molar-refractivity contribution is 0.888. The van der Waals surface area contributed by atoms with Gasteiger partial charge in [-0.2, -0.15) is 0 Å². The first-order valence-corrected chi connectivity index (χ1v) is 8.98. The van der Waals surface area contributed by atoms with Crippen LogP contribution in [0.2, 0.25) is 0 Å². The van der Waals surface area contributed by atoms with Gasteiger partial charge < -0.3 is 0 Å². The van der Waals surface area contributed by atoms with Crippen LogP contribution in [0.1, 0.15) is 0 Å². The third-order valence-electron chi connectivity index (χ3n) is 3.18. The fourth-order valence-electron chi connectivity index (χ4n) is 2.22. The summed E-state index contributed by atoms with van der Waals surface area (Å²) >= 11 is 3.32. The molecule has 0 spiro atoms. The number of para-hydroxylation sites is 1. The third-order valence-corrected chi connectivity index (χ3v) is 4.60. The van der Waals surface area contributed by atoms with Crippen LogP contribution >= 0.6 is 23.5 Å². The van der Waals surface area contributed by atoms with E-state index in [1.54, 1.807) is 23.5 Å². The Hall–Kier alpha value is -1.72. The van der Waals surface area contributed by atoms with Crippen molar-refractivity contribution < 1.29 is 0 Å². The van der Waals surface area contributed by atoms with E-state index in [-0.39, 0.29) is 0 Å². The molecule has 1 heterocycles. The van der Waals surface area contributed by atoms with Gasteiger partial charge in [0.25, 0.3) is 0 Å². The minimum Gasteiger partial charge on any atom is -0.270 e. The molecule has 0 N–H and O–H groups in total. The highest BCUT2D eigenvalue weighted by molar-refractivity contribution is 7.98. The largest absolute Gasteiger partial charge is 0.270 e. The van der Waals surface area contributed by atoms with E-state index < -0.39 is 0 Å². The number of aromatic nitrogens is 3. The molecule has 106 valence electrons. The first-order valence-electron chi connectivity index (χ1n) is 6.53. The van der Waals surface area contributed by atoms with Gasteiger partial charge in [0.05, 0.1) is 0 Å². The van der Waals surface area contributed by atoms with Crippen molar-refractivity contribution in [1.29, 1.82) is 0 Å². The Labute approximate surface area is 132 Å². The van der Waals surface area contributed by atoms with Crippen LogP contribution in [0.3, 0.4) is 0 Å². The second kappa shape index (κ2) is 6.37. The molecular weight excluding hydrogens is 298 g/mol. The van der Waals surface area contributed by atoms with Crippen molar-refractivity contribution in [3.63, 3.8) is 0 Å². The SMILES string of the molecule is CSc1ccccc1-c1nnc(SC)n1-c1ccccc1. The highest BCUT2D eigenvalue weighted by Gasteiger charge is 2.16. The van der Waals surface area contributed by atoms with Gasteiger partial charge in [0.1, 0.15) is 0 Å². The lowest BCUT2D eigenvalue weighted by Crippen LogP contribution is -1.99. The molecule has 0 bridgehead atoms. The van der Waals surface area contributed by atoms with Crippen molar-refractivity contribution in [1.82, 2.24) is 14.8 Å². The lowest BCUT2D eigenvalue weighted by Gasteiger charge is -2.11. The number of hydrogen-bond acceptors (Lipinski definition) is 4. The number of nitrogens with zero attached hydrogens (tertiary/aromatic N) is 3. The zero-order chi connectivity index (χ0) is 14.7. The Balaban J connectivity index is 2.23. The predicted molar refractivity (Wildman–Crippen MR) is 90.4 cm³/mol. The van der Waals surface area contributed by atoms with Crippen LogP contribution in [-0.4, -0.2) is 27.3 Å². The van der Waals surface area contributed by atoms with E-state index >= 15 is 0 Å². The summed E-state index contributed by atoms with van der Waals surface area (Å²) in [5.41, 5.74) is 2.19. The van der Waals surface area contributed by atoms with Gasteiger partial charge in [0.2, 0.25) is 0 Å². The van der Waals surface area contributed by atoms with E-state index in [4.69, 9.17) is 0 Å². The summed E-state index contributed by atoms with van der Waals surface area (Å²) in [6.45, 7) is 0. The van der Waals surface area contributed by atoms with E-state index in [1.807, 2.05) is 36.6 Å². The molecule has 0 aliphatic carbocycles. The van der Waals surface area contributed by atoms with Crippen molar-refractivity contribution in [2.45, 2.75) is 10.1 Å². The molecule has 1 aromatic heterocycles. The van der Waals surface area contributed by atoms with Crippen molar-refractivity contribution in [3.8, 4) is 17.1 Å². The predicted octanol–water partition coefficient (Wildman–Crippen LogP) is 4.38. The number of hydrogen-bond donors (Lipinski definition) is 0. The Morgan fingerprint density at radius 2 is 1.52 bits per heavy atom. The smallest absolute Gasteiger partial charge is 0.195 e. The molecule has 0 radical (unpaired) electrons. The Morgan fingerprint density at radius 1 is 0.810 bits per heavy atom. The van der Waals surface area contributed by atoms with Crippen LogP contribution in [0, 0.1) is 0 Å². The molecule has 3 rings (SSSR count). The van der Waals surface area contributed by atoms with Gasteiger partial charge in [-0.05, 0) is 30.7 Å². The monoisotopic (exact) mass is 313 g/mol. The van der Waals surface area contributed by atoms with Gasteiger partial charge in [-0.25, -0.2) is 0 Å². The molecule has 0 unspecified atom stereocenters. The topological polar surface area (TPSA) is 30.7 Å². The van der Waals surface area contributed by atoms with Gasteiger partial charge in [-0.15, -0.1) is 22.0 Å². The summed E-state index contributed by atoms with van der Waals surface area (Å²) in [5, 5.41) is 9.65. The van der Waals surface area contributed by atoms with Crippen molar-refractivity contribution >= 4 is 23.5 Å². The Bertz CT molecular complexity index is 738. The maximum absolute atomic E-state index is 4.42. The van der Waals surface area contributed by atoms with Crippen molar-refractivity contribution in [2.24, 2.45) is 0 Å². The number of benzene rings is 2. The van der Waals surface area contributed by atoms with Gasteiger partial charge in [0.15, 0.2) is 11.0 Å². The van der Waals surface area contributed by atoms with E-state index in [0.29, 0.717) is 0 Å². The molecule has 0 aliphatic rings. The highest BCUT2D eigenvalue weighted by atomic mass is 32.2. The number of rotatable bonds is 4. The second-order valence-corrected chi connectivity index (χ2v) is 6.00. The first kappa shape index (κ1) is 14.2. The molecule has 0 atom stereocenters. The molecule has 0 saturated carbocycles. The van der Waals surface area contributed by atoms with E-state index in [2.05, 4.69) is 45.3 Å². The van der Waals surface area contributed by atoms with Crippen LogP contribution in [0.5, 0.6) is 0 Å². The standard InChI is InChI=1S/C16H15N3S2/c1-20-14-11-7-6-10-13(14)15-17-18-16(21-2)19(15)12-8-4-3-5-9-12/h3-11H,1-2H3. The van der Waals surface area contributed by atoms with Crippen molar-refractivity contribution in [2.75, 3.05) is 12.5 Å². The molecule has 0 aliphatic heterocycles. The highest BCUT2D eigenvalue weighted by Crippen LogP contribution is 2.32. The van der Waals surface area contributed by atoms with E-state index in [9.17, 15) is 0 Å². The van der Waals surface area contributed by atoms with E-state index in [0.717, 1.165) is 22.2 Å². The van der Waals surface area contributed by atoms with Crippen LogP contribution < -0.4 is 0 Å². The average molecular weight is 313 g/mol. The summed E-state index contributed by atoms with van der Waals surface area (Å²) < 4.78 is 2.11. The summed E-state index contributed by atoms with van der Waals surface area (Å²) in [6.07, 6.45) is 4.10. The van der Waals surface area contributed by atoms with Crippen LogP contribution in [0.15, 0.2) is 64.6 Å². The lowest BCUT2D eigenvalue weighted by atomic mass is 10.2. The molecule has 0 saturated heterocycles. The maximum atomic E-state index is 4.42. The normalized spacial score (nSPS) is 10.8. The molecule has 0 amide bonds. The zero-order valence-corrected chi connectivity index (χ0v) is 13.5.